The summed E-state index contributed by atoms with van der Waals surface area (Å²) < 4.78 is 10.7. The molecular formula is C12H23NO2. The average Bonchev–Trinajstić information content (AvgIpc) is 2.28. The molecule has 1 aliphatic heterocycles. The minimum Gasteiger partial charge on any atom is -0.497 e. The van der Waals surface area contributed by atoms with Crippen LogP contribution in [0.3, 0.4) is 0 Å². The Bertz CT molecular complexity index is 176. The van der Waals surface area contributed by atoms with Gasteiger partial charge in [-0.15, -0.1) is 0 Å². The lowest BCUT2D eigenvalue weighted by molar-refractivity contribution is 0.107. The van der Waals surface area contributed by atoms with Gasteiger partial charge in [0.25, 0.3) is 0 Å². The quantitative estimate of drug-likeness (QED) is 0.702. The first-order chi connectivity index (χ1) is 7.36. The maximum absolute atomic E-state index is 5.50. The molecule has 0 aliphatic carbocycles. The first kappa shape index (κ1) is 12.5. The van der Waals surface area contributed by atoms with E-state index in [2.05, 4.69) is 18.3 Å². The second-order valence-corrected chi connectivity index (χ2v) is 4.06. The monoisotopic (exact) mass is 213 g/mol. The normalized spacial score (nSPS) is 22.4. The van der Waals surface area contributed by atoms with Gasteiger partial charge in [0, 0.05) is 19.7 Å². The lowest BCUT2D eigenvalue weighted by atomic mass is 10.1. The molecule has 2 unspecified atom stereocenters. The molecule has 0 bridgehead atoms. The molecule has 1 aliphatic rings. The third-order valence-corrected chi connectivity index (χ3v) is 2.66. The summed E-state index contributed by atoms with van der Waals surface area (Å²) in [7, 11) is 1.75. The molecule has 0 spiro atoms. The second kappa shape index (κ2) is 7.71. The first-order valence-corrected chi connectivity index (χ1v) is 5.89. The molecule has 0 aromatic rings. The van der Waals surface area contributed by atoms with E-state index in [0.29, 0.717) is 12.1 Å². The smallest absolute Gasteiger partial charge is 0.110 e. The fourth-order valence-corrected chi connectivity index (χ4v) is 1.83. The Morgan fingerprint density at radius 1 is 1.60 bits per heavy atom. The molecule has 0 aromatic heterocycles. The molecule has 0 amide bonds. The van der Waals surface area contributed by atoms with Crippen LogP contribution in [0.25, 0.3) is 0 Å². The van der Waals surface area contributed by atoms with E-state index in [4.69, 9.17) is 9.47 Å². The van der Waals surface area contributed by atoms with Crippen molar-refractivity contribution in [1.82, 2.24) is 5.32 Å². The largest absolute Gasteiger partial charge is 0.497 e. The van der Waals surface area contributed by atoms with E-state index in [1.165, 1.54) is 6.42 Å². The highest BCUT2D eigenvalue weighted by molar-refractivity contribution is 4.83. The molecule has 0 radical (unpaired) electrons. The van der Waals surface area contributed by atoms with Crippen LogP contribution in [0.15, 0.2) is 12.3 Å². The summed E-state index contributed by atoms with van der Waals surface area (Å²) in [6, 6.07) is 0.467. The number of methoxy groups -OCH3 is 1. The zero-order valence-electron chi connectivity index (χ0n) is 9.87. The molecule has 15 heavy (non-hydrogen) atoms. The lowest BCUT2D eigenvalue weighted by Crippen LogP contribution is -2.39. The summed E-state index contributed by atoms with van der Waals surface area (Å²) >= 11 is 0. The van der Waals surface area contributed by atoms with E-state index in [0.717, 1.165) is 32.4 Å². The molecule has 0 aromatic carbocycles. The maximum Gasteiger partial charge on any atom is 0.110 e. The Morgan fingerprint density at radius 2 is 2.47 bits per heavy atom. The highest BCUT2D eigenvalue weighted by atomic mass is 16.5. The minimum absolute atomic E-state index is 0.339. The molecule has 1 heterocycles. The van der Waals surface area contributed by atoms with Gasteiger partial charge >= 0.3 is 0 Å². The van der Waals surface area contributed by atoms with Crippen LogP contribution in [-0.4, -0.2) is 32.4 Å². The summed E-state index contributed by atoms with van der Waals surface area (Å²) in [6.45, 7) is 3.92. The number of rotatable bonds is 7. The van der Waals surface area contributed by atoms with Crippen molar-refractivity contribution in [1.29, 1.82) is 0 Å². The zero-order valence-corrected chi connectivity index (χ0v) is 9.87. The molecule has 88 valence electrons. The van der Waals surface area contributed by atoms with E-state index >= 15 is 0 Å². The van der Waals surface area contributed by atoms with Crippen LogP contribution in [0.5, 0.6) is 0 Å². The average molecular weight is 213 g/mol. The number of hydrogen-bond donors (Lipinski definition) is 1. The van der Waals surface area contributed by atoms with Crippen molar-refractivity contribution < 1.29 is 9.47 Å². The van der Waals surface area contributed by atoms with Gasteiger partial charge in [0.2, 0.25) is 0 Å². The molecule has 1 rings (SSSR count). The molecular weight excluding hydrogens is 190 g/mol. The third-order valence-electron chi connectivity index (χ3n) is 2.66. The molecule has 2 atom stereocenters. The van der Waals surface area contributed by atoms with Crippen molar-refractivity contribution in [3.63, 3.8) is 0 Å². The summed E-state index contributed by atoms with van der Waals surface area (Å²) in [5.41, 5.74) is 0. The van der Waals surface area contributed by atoms with E-state index < -0.39 is 0 Å². The van der Waals surface area contributed by atoms with Crippen molar-refractivity contribution >= 4 is 0 Å². The maximum atomic E-state index is 5.50. The molecule has 0 saturated heterocycles. The summed E-state index contributed by atoms with van der Waals surface area (Å²) in [5, 5.41) is 3.51. The Labute approximate surface area is 92.8 Å². The van der Waals surface area contributed by atoms with Crippen LogP contribution >= 0.6 is 0 Å². The molecule has 0 saturated carbocycles. The molecule has 3 heteroatoms. The van der Waals surface area contributed by atoms with Crippen LogP contribution in [0.1, 0.15) is 32.6 Å². The van der Waals surface area contributed by atoms with Gasteiger partial charge in [0.1, 0.15) is 6.10 Å². The zero-order chi connectivity index (χ0) is 10.9. The number of nitrogens with one attached hydrogen (secondary N) is 1. The van der Waals surface area contributed by atoms with Gasteiger partial charge in [-0.25, -0.2) is 0 Å². The Hall–Kier alpha value is -0.540. The molecule has 1 N–H and O–H groups in total. The van der Waals surface area contributed by atoms with E-state index in [-0.39, 0.29) is 0 Å². The number of ether oxygens (including phenoxy) is 2. The van der Waals surface area contributed by atoms with Crippen molar-refractivity contribution in [2.45, 2.75) is 44.8 Å². The minimum atomic E-state index is 0.339. The van der Waals surface area contributed by atoms with E-state index in [1.807, 2.05) is 6.26 Å². The van der Waals surface area contributed by atoms with Crippen molar-refractivity contribution in [3.05, 3.63) is 12.3 Å². The first-order valence-electron chi connectivity index (χ1n) is 5.89. The van der Waals surface area contributed by atoms with Gasteiger partial charge in [0.05, 0.1) is 12.9 Å². The number of allylic oxidation sites excluding steroid dienone is 1. The second-order valence-electron chi connectivity index (χ2n) is 4.06. The summed E-state index contributed by atoms with van der Waals surface area (Å²) in [6.07, 6.45) is 8.84. The predicted octanol–water partition coefficient (Wildman–Crippen LogP) is 2.08. The van der Waals surface area contributed by atoms with Crippen LogP contribution in [0.4, 0.5) is 0 Å². The van der Waals surface area contributed by atoms with Gasteiger partial charge in [-0.2, -0.15) is 0 Å². The van der Waals surface area contributed by atoms with Crippen LogP contribution in [-0.2, 0) is 9.47 Å². The van der Waals surface area contributed by atoms with Crippen LogP contribution in [0.2, 0.25) is 0 Å². The highest BCUT2D eigenvalue weighted by Gasteiger charge is 2.13. The van der Waals surface area contributed by atoms with Gasteiger partial charge in [-0.1, -0.05) is 13.3 Å². The Kier molecular flexibility index (Phi) is 6.44. The Morgan fingerprint density at radius 3 is 3.07 bits per heavy atom. The fraction of sp³-hybridized carbons (Fsp3) is 0.833. The highest BCUT2D eigenvalue weighted by Crippen LogP contribution is 2.09. The van der Waals surface area contributed by atoms with Crippen LogP contribution in [0, 0.1) is 0 Å². The standard InChI is InChI=1S/C12H23NO2/c1-3-6-11(10-14-2)13-9-12-7-4-5-8-15-12/h5,8,11-13H,3-4,6-7,9-10H2,1-2H3. The Balaban J connectivity index is 2.16. The van der Waals surface area contributed by atoms with Crippen LogP contribution < -0.4 is 5.32 Å². The molecule has 0 fully saturated rings. The van der Waals surface area contributed by atoms with E-state index in [1.54, 1.807) is 7.11 Å². The SMILES string of the molecule is CCCC(COC)NCC1CCC=CO1. The van der Waals surface area contributed by atoms with Gasteiger partial charge < -0.3 is 14.8 Å². The fourth-order valence-electron chi connectivity index (χ4n) is 1.83. The van der Waals surface area contributed by atoms with Crippen molar-refractivity contribution in [2.75, 3.05) is 20.3 Å². The number of hydrogen-bond acceptors (Lipinski definition) is 3. The lowest BCUT2D eigenvalue weighted by Gasteiger charge is -2.23. The topological polar surface area (TPSA) is 30.5 Å². The third kappa shape index (κ3) is 5.19. The van der Waals surface area contributed by atoms with Crippen molar-refractivity contribution in [3.8, 4) is 0 Å². The van der Waals surface area contributed by atoms with Crippen molar-refractivity contribution in [2.24, 2.45) is 0 Å². The van der Waals surface area contributed by atoms with Gasteiger partial charge in [-0.05, 0) is 25.3 Å². The molecule has 3 nitrogen and oxygen atoms in total. The summed E-state index contributed by atoms with van der Waals surface area (Å²) in [4.78, 5) is 0. The summed E-state index contributed by atoms with van der Waals surface area (Å²) in [5.74, 6) is 0. The predicted molar refractivity (Wildman–Crippen MR) is 61.8 cm³/mol. The van der Waals surface area contributed by atoms with Gasteiger partial charge in [-0.3, -0.25) is 0 Å². The van der Waals surface area contributed by atoms with Gasteiger partial charge in [0.15, 0.2) is 0 Å². The van der Waals surface area contributed by atoms with E-state index in [9.17, 15) is 0 Å².